The highest BCUT2D eigenvalue weighted by Crippen LogP contribution is 2.23. The van der Waals surface area contributed by atoms with Crippen LogP contribution in [-0.2, 0) is 16.1 Å². The van der Waals surface area contributed by atoms with Gasteiger partial charge in [-0.05, 0) is 38.2 Å². The number of nitrogens with zero attached hydrogens (tertiary/aromatic N) is 2. The van der Waals surface area contributed by atoms with Crippen LogP contribution in [0.3, 0.4) is 0 Å². The topological polar surface area (TPSA) is 73.2 Å². The molecule has 0 unspecified atom stereocenters. The van der Waals surface area contributed by atoms with Gasteiger partial charge in [0.05, 0.1) is 17.9 Å². The van der Waals surface area contributed by atoms with Gasteiger partial charge in [-0.15, -0.1) is 0 Å². The van der Waals surface area contributed by atoms with E-state index in [9.17, 15) is 9.59 Å². The molecule has 2 aromatic rings. The lowest BCUT2D eigenvalue weighted by atomic mass is 9.86. The second kappa shape index (κ2) is 9.04. The first-order chi connectivity index (χ1) is 13.5. The lowest BCUT2D eigenvalue weighted by Crippen LogP contribution is -2.42. The smallest absolute Gasteiger partial charge is 0.342 e. The van der Waals surface area contributed by atoms with Crippen molar-refractivity contribution in [2.24, 2.45) is 5.92 Å². The third-order valence-corrected chi connectivity index (χ3v) is 5.55. The molecule has 1 N–H and O–H groups in total. The van der Waals surface area contributed by atoms with Gasteiger partial charge in [0.25, 0.3) is 5.91 Å². The van der Waals surface area contributed by atoms with E-state index in [0.717, 1.165) is 30.5 Å². The standard InChI is InChI=1S/C22H29N3O3/c1-15-9-7-8-12-19(15)23-20(26)14-28-22(27)21-16(2)24-25(17(21)3)13-18-10-5-4-6-11-18/h4-6,10-11,15,19H,7-9,12-14H2,1-3H3,(H,23,26)/t15-,19+/m1/s1. The molecule has 1 aromatic carbocycles. The van der Waals surface area contributed by atoms with Crippen molar-refractivity contribution in [3.05, 3.63) is 52.8 Å². The molecule has 0 saturated heterocycles. The number of carbonyl (C=O) groups excluding carboxylic acids is 2. The zero-order valence-corrected chi connectivity index (χ0v) is 16.9. The van der Waals surface area contributed by atoms with Crippen LogP contribution in [-0.4, -0.2) is 34.3 Å². The van der Waals surface area contributed by atoms with Crippen LogP contribution in [0.15, 0.2) is 30.3 Å². The number of rotatable bonds is 6. The van der Waals surface area contributed by atoms with Crippen molar-refractivity contribution < 1.29 is 14.3 Å². The van der Waals surface area contributed by atoms with Crippen LogP contribution in [0.25, 0.3) is 0 Å². The van der Waals surface area contributed by atoms with Gasteiger partial charge in [-0.25, -0.2) is 4.79 Å². The molecular weight excluding hydrogens is 354 g/mol. The molecule has 3 rings (SSSR count). The van der Waals surface area contributed by atoms with E-state index in [1.54, 1.807) is 11.6 Å². The second-order valence-electron chi connectivity index (χ2n) is 7.70. The molecule has 1 amide bonds. The SMILES string of the molecule is Cc1nn(Cc2ccccc2)c(C)c1C(=O)OCC(=O)N[C@H]1CCCC[C@H]1C. The molecule has 1 aliphatic carbocycles. The Morgan fingerprint density at radius 3 is 2.61 bits per heavy atom. The fourth-order valence-corrected chi connectivity index (χ4v) is 3.89. The quantitative estimate of drug-likeness (QED) is 0.776. The number of benzene rings is 1. The summed E-state index contributed by atoms with van der Waals surface area (Å²) in [5, 5.41) is 7.48. The summed E-state index contributed by atoms with van der Waals surface area (Å²) in [6.07, 6.45) is 4.47. The number of carbonyl (C=O) groups is 2. The van der Waals surface area contributed by atoms with Gasteiger partial charge >= 0.3 is 5.97 Å². The summed E-state index contributed by atoms with van der Waals surface area (Å²) in [5.74, 6) is -0.269. The van der Waals surface area contributed by atoms with Crippen molar-refractivity contribution in [1.29, 1.82) is 0 Å². The Hall–Kier alpha value is -2.63. The number of hydrogen-bond donors (Lipinski definition) is 1. The summed E-state index contributed by atoms with van der Waals surface area (Å²) in [5.41, 5.74) is 2.90. The van der Waals surface area contributed by atoms with Crippen molar-refractivity contribution >= 4 is 11.9 Å². The highest BCUT2D eigenvalue weighted by Gasteiger charge is 2.24. The molecule has 150 valence electrons. The molecule has 0 radical (unpaired) electrons. The summed E-state index contributed by atoms with van der Waals surface area (Å²) in [6.45, 7) is 6.12. The van der Waals surface area contributed by atoms with E-state index in [-0.39, 0.29) is 18.6 Å². The molecule has 28 heavy (non-hydrogen) atoms. The van der Waals surface area contributed by atoms with Gasteiger partial charge in [-0.2, -0.15) is 5.10 Å². The Bertz CT molecular complexity index is 829. The fourth-order valence-electron chi connectivity index (χ4n) is 3.89. The number of aromatic nitrogens is 2. The average molecular weight is 383 g/mol. The van der Waals surface area contributed by atoms with Gasteiger partial charge in [-0.1, -0.05) is 50.1 Å². The maximum atomic E-state index is 12.6. The van der Waals surface area contributed by atoms with Gasteiger partial charge in [0.1, 0.15) is 5.56 Å². The van der Waals surface area contributed by atoms with Crippen LogP contribution in [0.4, 0.5) is 0 Å². The second-order valence-corrected chi connectivity index (χ2v) is 7.70. The Morgan fingerprint density at radius 2 is 1.89 bits per heavy atom. The molecule has 1 fully saturated rings. The van der Waals surface area contributed by atoms with E-state index in [2.05, 4.69) is 17.3 Å². The molecular formula is C22H29N3O3. The van der Waals surface area contributed by atoms with E-state index >= 15 is 0 Å². The fraction of sp³-hybridized carbons (Fsp3) is 0.500. The van der Waals surface area contributed by atoms with E-state index in [1.807, 2.05) is 37.3 Å². The molecule has 1 heterocycles. The molecule has 0 bridgehead atoms. The summed E-state index contributed by atoms with van der Waals surface area (Å²) < 4.78 is 7.08. The van der Waals surface area contributed by atoms with Gasteiger partial charge < -0.3 is 10.1 Å². The summed E-state index contributed by atoms with van der Waals surface area (Å²) >= 11 is 0. The maximum Gasteiger partial charge on any atom is 0.342 e. The van der Waals surface area contributed by atoms with E-state index in [1.165, 1.54) is 6.42 Å². The average Bonchev–Trinajstić information content (AvgIpc) is 2.96. The van der Waals surface area contributed by atoms with Crippen molar-refractivity contribution in [2.75, 3.05) is 6.61 Å². The molecule has 2 atom stereocenters. The molecule has 1 aromatic heterocycles. The highest BCUT2D eigenvalue weighted by molar-refractivity contribution is 5.93. The maximum absolute atomic E-state index is 12.6. The minimum Gasteiger partial charge on any atom is -0.452 e. The first-order valence-electron chi connectivity index (χ1n) is 10.00. The third-order valence-electron chi connectivity index (χ3n) is 5.55. The number of hydrogen-bond acceptors (Lipinski definition) is 4. The minimum absolute atomic E-state index is 0.178. The number of nitrogens with one attached hydrogen (secondary N) is 1. The zero-order chi connectivity index (χ0) is 20.1. The highest BCUT2D eigenvalue weighted by atomic mass is 16.5. The van der Waals surface area contributed by atoms with Crippen LogP contribution < -0.4 is 5.32 Å². The molecule has 6 nitrogen and oxygen atoms in total. The lowest BCUT2D eigenvalue weighted by Gasteiger charge is -2.29. The van der Waals surface area contributed by atoms with Crippen molar-refractivity contribution in [2.45, 2.75) is 59.0 Å². The number of ether oxygens (including phenoxy) is 1. The zero-order valence-electron chi connectivity index (χ0n) is 16.9. The molecule has 1 saturated carbocycles. The van der Waals surface area contributed by atoms with Crippen LogP contribution in [0, 0.1) is 19.8 Å². The number of aryl methyl sites for hydroxylation is 1. The number of amides is 1. The summed E-state index contributed by atoms with van der Waals surface area (Å²) in [6, 6.07) is 10.1. The Morgan fingerprint density at radius 1 is 1.18 bits per heavy atom. The van der Waals surface area contributed by atoms with Gasteiger partial charge in [0.15, 0.2) is 6.61 Å². The first-order valence-corrected chi connectivity index (χ1v) is 10.00. The van der Waals surface area contributed by atoms with Crippen molar-refractivity contribution in [1.82, 2.24) is 15.1 Å². The molecule has 0 spiro atoms. The third kappa shape index (κ3) is 4.80. The van der Waals surface area contributed by atoms with Gasteiger partial charge in [0.2, 0.25) is 0 Å². The summed E-state index contributed by atoms with van der Waals surface area (Å²) in [7, 11) is 0. The van der Waals surface area contributed by atoms with Crippen LogP contribution in [0.1, 0.15) is 59.9 Å². The predicted octanol–water partition coefficient (Wildman–Crippen LogP) is 3.40. The monoisotopic (exact) mass is 383 g/mol. The van der Waals surface area contributed by atoms with Gasteiger partial charge in [0, 0.05) is 6.04 Å². The molecule has 6 heteroatoms. The first kappa shape index (κ1) is 20.1. The molecule has 1 aliphatic rings. The van der Waals surface area contributed by atoms with Crippen molar-refractivity contribution in [3.8, 4) is 0 Å². The largest absolute Gasteiger partial charge is 0.452 e. The Labute approximate surface area is 166 Å². The predicted molar refractivity (Wildman–Crippen MR) is 107 cm³/mol. The Kier molecular flexibility index (Phi) is 6.49. The minimum atomic E-state index is -0.499. The normalized spacial score (nSPS) is 19.2. The van der Waals surface area contributed by atoms with Crippen molar-refractivity contribution in [3.63, 3.8) is 0 Å². The van der Waals surface area contributed by atoms with E-state index in [4.69, 9.17) is 4.74 Å². The van der Waals surface area contributed by atoms with Crippen LogP contribution in [0.5, 0.6) is 0 Å². The van der Waals surface area contributed by atoms with E-state index in [0.29, 0.717) is 23.7 Å². The van der Waals surface area contributed by atoms with Gasteiger partial charge in [-0.3, -0.25) is 9.48 Å². The van der Waals surface area contributed by atoms with E-state index < -0.39 is 5.97 Å². The molecule has 0 aliphatic heterocycles. The summed E-state index contributed by atoms with van der Waals surface area (Å²) in [4.78, 5) is 24.8. The Balaban J connectivity index is 1.59. The van der Waals surface area contributed by atoms with Crippen LogP contribution in [0.2, 0.25) is 0 Å². The lowest BCUT2D eigenvalue weighted by molar-refractivity contribution is -0.125. The number of esters is 1. The van der Waals surface area contributed by atoms with Crippen LogP contribution >= 0.6 is 0 Å².